The van der Waals surface area contributed by atoms with Crippen LogP contribution in [0.25, 0.3) is 0 Å². The lowest BCUT2D eigenvalue weighted by Gasteiger charge is -2.38. The van der Waals surface area contributed by atoms with Gasteiger partial charge in [-0.15, -0.1) is 0 Å². The summed E-state index contributed by atoms with van der Waals surface area (Å²) >= 11 is 0. The highest BCUT2D eigenvalue weighted by Crippen LogP contribution is 2.35. The van der Waals surface area contributed by atoms with Crippen LogP contribution in [-0.4, -0.2) is 36.8 Å². The second-order valence-electron chi connectivity index (χ2n) is 6.22. The first-order valence-electron chi connectivity index (χ1n) is 8.35. The summed E-state index contributed by atoms with van der Waals surface area (Å²) < 4.78 is 5.90. The van der Waals surface area contributed by atoms with Gasteiger partial charge in [-0.05, 0) is 38.3 Å². The Kier molecular flexibility index (Phi) is 4.45. The van der Waals surface area contributed by atoms with Crippen LogP contribution in [0, 0.1) is 0 Å². The molecular weight excluding hydrogens is 262 g/mol. The van der Waals surface area contributed by atoms with Crippen molar-refractivity contribution in [2.24, 2.45) is 0 Å². The number of hydrogen-bond acceptors (Lipinski definition) is 4. The average Bonchev–Trinajstić information content (AvgIpc) is 2.86. The lowest BCUT2D eigenvalue weighted by atomic mass is 10.1. The van der Waals surface area contributed by atoms with E-state index in [2.05, 4.69) is 43.1 Å². The predicted molar refractivity (Wildman–Crippen MR) is 85.8 cm³/mol. The molecule has 2 aliphatic heterocycles. The fourth-order valence-corrected chi connectivity index (χ4v) is 3.66. The Morgan fingerprint density at radius 2 is 2.24 bits per heavy atom. The van der Waals surface area contributed by atoms with Gasteiger partial charge in [0.25, 0.3) is 0 Å². The van der Waals surface area contributed by atoms with Crippen molar-refractivity contribution in [1.82, 2.24) is 10.3 Å². The third-order valence-corrected chi connectivity index (χ3v) is 4.61. The van der Waals surface area contributed by atoms with E-state index < -0.39 is 0 Å². The van der Waals surface area contributed by atoms with Gasteiger partial charge in [-0.1, -0.05) is 19.4 Å². The third-order valence-electron chi connectivity index (χ3n) is 4.61. The van der Waals surface area contributed by atoms with Crippen LogP contribution < -0.4 is 10.2 Å². The van der Waals surface area contributed by atoms with Crippen molar-refractivity contribution in [2.75, 3.05) is 24.6 Å². The van der Waals surface area contributed by atoms with E-state index in [4.69, 9.17) is 9.72 Å². The minimum atomic E-state index is 0.141. The average molecular weight is 289 g/mol. The molecule has 116 valence electrons. The zero-order valence-electron chi connectivity index (χ0n) is 13.4. The summed E-state index contributed by atoms with van der Waals surface area (Å²) in [6.45, 7) is 9.41. The molecule has 3 heterocycles. The third kappa shape index (κ3) is 2.79. The predicted octanol–water partition coefficient (Wildman–Crippen LogP) is 2.68. The number of nitrogens with one attached hydrogen (secondary N) is 1. The normalized spacial score (nSPS) is 25.6. The molecule has 4 nitrogen and oxygen atoms in total. The van der Waals surface area contributed by atoms with Crippen molar-refractivity contribution in [1.29, 1.82) is 0 Å². The van der Waals surface area contributed by atoms with Gasteiger partial charge in [0.1, 0.15) is 5.82 Å². The Morgan fingerprint density at radius 3 is 3.00 bits per heavy atom. The van der Waals surface area contributed by atoms with Gasteiger partial charge in [-0.25, -0.2) is 4.98 Å². The lowest BCUT2D eigenvalue weighted by molar-refractivity contribution is 0.0527. The molecule has 1 aromatic rings. The highest BCUT2D eigenvalue weighted by atomic mass is 16.5. The molecule has 0 amide bonds. The maximum Gasteiger partial charge on any atom is 0.132 e. The van der Waals surface area contributed by atoms with Gasteiger partial charge in [0.15, 0.2) is 0 Å². The van der Waals surface area contributed by atoms with Crippen LogP contribution in [0.3, 0.4) is 0 Å². The van der Waals surface area contributed by atoms with Crippen molar-refractivity contribution >= 4 is 5.82 Å². The van der Waals surface area contributed by atoms with Crippen molar-refractivity contribution in [2.45, 2.75) is 58.2 Å². The van der Waals surface area contributed by atoms with Gasteiger partial charge in [0, 0.05) is 31.8 Å². The van der Waals surface area contributed by atoms with Crippen LogP contribution in [0.2, 0.25) is 0 Å². The van der Waals surface area contributed by atoms with Crippen LogP contribution in [0.5, 0.6) is 0 Å². The topological polar surface area (TPSA) is 37.4 Å². The SMILES string of the molecule is CCCC(OCC)c1ccc2c(n1)N1[C@@H](CNC[C@H]1C)C2. The highest BCUT2D eigenvalue weighted by molar-refractivity contribution is 5.56. The Labute approximate surface area is 127 Å². The standard InChI is InChI=1S/C17H27N3O/c1-4-6-16(21-5-2)15-8-7-13-9-14-11-18-10-12(3)20(14)17(13)19-15/h7-8,12,14,16,18H,4-6,9-11H2,1-3H3/t12-,14-,16?/m1/s1. The Morgan fingerprint density at radius 1 is 1.38 bits per heavy atom. The Balaban J connectivity index is 1.89. The molecule has 0 aliphatic carbocycles. The first-order valence-corrected chi connectivity index (χ1v) is 8.35. The van der Waals surface area contributed by atoms with Gasteiger partial charge in [0.05, 0.1) is 11.8 Å². The van der Waals surface area contributed by atoms with Crippen molar-refractivity contribution < 1.29 is 4.74 Å². The van der Waals surface area contributed by atoms with Gasteiger partial charge in [0.2, 0.25) is 0 Å². The lowest BCUT2D eigenvalue weighted by Crippen LogP contribution is -2.55. The molecule has 21 heavy (non-hydrogen) atoms. The molecule has 1 unspecified atom stereocenters. The smallest absolute Gasteiger partial charge is 0.132 e. The molecule has 2 aliphatic rings. The number of rotatable bonds is 5. The summed E-state index contributed by atoms with van der Waals surface area (Å²) in [4.78, 5) is 7.52. The highest BCUT2D eigenvalue weighted by Gasteiger charge is 2.36. The van der Waals surface area contributed by atoms with Crippen molar-refractivity contribution in [3.05, 3.63) is 23.4 Å². The monoisotopic (exact) mass is 289 g/mol. The molecule has 0 spiro atoms. The van der Waals surface area contributed by atoms with E-state index in [0.29, 0.717) is 12.1 Å². The van der Waals surface area contributed by atoms with Gasteiger partial charge < -0.3 is 15.0 Å². The molecule has 0 aromatic carbocycles. The number of hydrogen-bond donors (Lipinski definition) is 1. The first-order chi connectivity index (χ1) is 10.2. The molecule has 1 saturated heterocycles. The van der Waals surface area contributed by atoms with E-state index in [1.54, 1.807) is 0 Å². The summed E-state index contributed by atoms with van der Waals surface area (Å²) in [7, 11) is 0. The number of nitrogens with zero attached hydrogens (tertiary/aromatic N) is 2. The zero-order valence-corrected chi connectivity index (χ0v) is 13.4. The van der Waals surface area contributed by atoms with Gasteiger partial charge in [-0.2, -0.15) is 0 Å². The Bertz CT molecular complexity index is 485. The largest absolute Gasteiger partial charge is 0.372 e. The summed E-state index contributed by atoms with van der Waals surface area (Å²) in [5, 5.41) is 3.52. The van der Waals surface area contributed by atoms with Crippen LogP contribution >= 0.6 is 0 Å². The van der Waals surface area contributed by atoms with E-state index in [9.17, 15) is 0 Å². The van der Waals surface area contributed by atoms with Crippen LogP contribution in [0.1, 0.15) is 51.0 Å². The number of aromatic nitrogens is 1. The molecule has 3 atom stereocenters. The van der Waals surface area contributed by atoms with Crippen LogP contribution in [0.15, 0.2) is 12.1 Å². The van der Waals surface area contributed by atoms with Gasteiger partial charge >= 0.3 is 0 Å². The molecule has 0 radical (unpaired) electrons. The molecule has 3 rings (SSSR count). The van der Waals surface area contributed by atoms with E-state index in [1.807, 2.05) is 0 Å². The summed E-state index contributed by atoms with van der Waals surface area (Å²) in [6.07, 6.45) is 3.42. The molecule has 1 fully saturated rings. The Hall–Kier alpha value is -1.13. The van der Waals surface area contributed by atoms with E-state index >= 15 is 0 Å². The second kappa shape index (κ2) is 6.32. The second-order valence-corrected chi connectivity index (χ2v) is 6.22. The zero-order chi connectivity index (χ0) is 14.8. The molecule has 0 bridgehead atoms. The molecule has 0 saturated carbocycles. The number of fused-ring (bicyclic) bond motifs is 3. The number of piperazine rings is 1. The fourth-order valence-electron chi connectivity index (χ4n) is 3.66. The van der Waals surface area contributed by atoms with Crippen molar-refractivity contribution in [3.8, 4) is 0 Å². The maximum atomic E-state index is 5.90. The van der Waals surface area contributed by atoms with Crippen molar-refractivity contribution in [3.63, 3.8) is 0 Å². The number of pyridine rings is 1. The van der Waals surface area contributed by atoms with E-state index in [-0.39, 0.29) is 6.10 Å². The molecule has 1 aromatic heterocycles. The summed E-state index contributed by atoms with van der Waals surface area (Å²) in [5.74, 6) is 1.20. The minimum absolute atomic E-state index is 0.141. The summed E-state index contributed by atoms with van der Waals surface area (Å²) in [5.41, 5.74) is 2.50. The quantitative estimate of drug-likeness (QED) is 0.904. The maximum absolute atomic E-state index is 5.90. The van der Waals surface area contributed by atoms with Gasteiger partial charge in [-0.3, -0.25) is 0 Å². The fraction of sp³-hybridized carbons (Fsp3) is 0.706. The number of anilines is 1. The summed E-state index contributed by atoms with van der Waals surface area (Å²) in [6, 6.07) is 5.53. The van der Waals surface area contributed by atoms with Crippen LogP contribution in [-0.2, 0) is 11.2 Å². The molecular formula is C17H27N3O. The van der Waals surface area contributed by atoms with Crippen LogP contribution in [0.4, 0.5) is 5.82 Å². The molecule has 1 N–H and O–H groups in total. The van der Waals surface area contributed by atoms with E-state index in [0.717, 1.165) is 44.7 Å². The van der Waals surface area contributed by atoms with E-state index in [1.165, 1.54) is 11.4 Å². The minimum Gasteiger partial charge on any atom is -0.372 e. The first kappa shape index (κ1) is 14.8. The number of ether oxygens (including phenoxy) is 1. The molecule has 4 heteroatoms.